The molecule has 2 aromatic heterocycles. The predicted octanol–water partition coefficient (Wildman–Crippen LogP) is 2.52. The molecule has 2 amide bonds. The van der Waals surface area contributed by atoms with Crippen LogP contribution in [0.15, 0.2) is 29.0 Å². The van der Waals surface area contributed by atoms with Crippen LogP contribution in [0.2, 0.25) is 0 Å². The van der Waals surface area contributed by atoms with E-state index in [4.69, 9.17) is 0 Å². The molecule has 3 aliphatic rings. The molecule has 5 rings (SSSR count). The average Bonchev–Trinajstić information content (AvgIpc) is 3.56. The smallest absolute Gasteiger partial charge is 0.236 e. The lowest BCUT2D eigenvalue weighted by molar-refractivity contribution is -0.136. The molecule has 3 aliphatic heterocycles. The monoisotopic (exact) mass is 458 g/mol. The predicted molar refractivity (Wildman–Crippen MR) is 125 cm³/mol. The molecule has 8 heteroatoms. The number of carbonyl (C=O) groups excluding carboxylic acids is 2. The summed E-state index contributed by atoms with van der Waals surface area (Å²) in [5.41, 5.74) is 1.37. The Kier molecular flexibility index (Phi) is 6.41. The molecule has 166 valence electrons. The lowest BCUT2D eigenvalue weighted by Crippen LogP contribution is -2.53. The fourth-order valence-electron chi connectivity index (χ4n) is 5.01. The molecule has 0 aliphatic carbocycles. The Bertz CT molecular complexity index is 899. The van der Waals surface area contributed by atoms with Crippen LogP contribution in [0, 0.1) is 0 Å². The number of nitrogens with zero attached hydrogens (tertiary/aromatic N) is 4. The summed E-state index contributed by atoms with van der Waals surface area (Å²) in [6.07, 6.45) is 3.28. The van der Waals surface area contributed by atoms with Crippen molar-refractivity contribution in [3.05, 3.63) is 44.3 Å². The lowest BCUT2D eigenvalue weighted by atomic mass is 9.98. The Morgan fingerprint density at radius 2 is 1.58 bits per heavy atom. The van der Waals surface area contributed by atoms with Gasteiger partial charge in [0.25, 0.3) is 0 Å². The third-order valence-electron chi connectivity index (χ3n) is 6.76. The number of piperazine rings is 1. The number of hydrogen-bond donors (Lipinski definition) is 0. The highest BCUT2D eigenvalue weighted by molar-refractivity contribution is 7.10. The Morgan fingerprint density at radius 1 is 0.839 bits per heavy atom. The fraction of sp³-hybridized carbons (Fsp3) is 0.565. The number of thiophene rings is 2. The van der Waals surface area contributed by atoms with Gasteiger partial charge in [0, 0.05) is 55.6 Å². The van der Waals surface area contributed by atoms with Gasteiger partial charge in [0.1, 0.15) is 0 Å². The van der Waals surface area contributed by atoms with Crippen molar-refractivity contribution in [2.45, 2.75) is 25.3 Å². The van der Waals surface area contributed by atoms with Gasteiger partial charge >= 0.3 is 0 Å². The molecule has 2 saturated heterocycles. The van der Waals surface area contributed by atoms with Gasteiger partial charge in [-0.25, -0.2) is 0 Å². The minimum absolute atomic E-state index is 0.193. The Morgan fingerprint density at radius 3 is 2.32 bits per heavy atom. The zero-order valence-corrected chi connectivity index (χ0v) is 19.5. The first kappa shape index (κ1) is 21.1. The molecule has 2 aromatic rings. The van der Waals surface area contributed by atoms with Crippen molar-refractivity contribution >= 4 is 34.5 Å². The van der Waals surface area contributed by atoms with E-state index in [2.05, 4.69) is 38.8 Å². The second kappa shape index (κ2) is 9.40. The SMILES string of the molecule is O=C(CN1CCN(C(=O)CN2CCc3sccc3[C@H]2c2cccs2)CC1)N1CCCC1. The highest BCUT2D eigenvalue weighted by Crippen LogP contribution is 2.39. The Hall–Kier alpha value is -1.74. The van der Waals surface area contributed by atoms with Crippen LogP contribution in [0.5, 0.6) is 0 Å². The van der Waals surface area contributed by atoms with Gasteiger partial charge in [-0.1, -0.05) is 6.07 Å². The Labute approximate surface area is 192 Å². The van der Waals surface area contributed by atoms with Gasteiger partial charge in [-0.2, -0.15) is 0 Å². The van der Waals surface area contributed by atoms with Crippen LogP contribution in [-0.2, 0) is 16.0 Å². The van der Waals surface area contributed by atoms with E-state index in [1.165, 1.54) is 15.3 Å². The number of likely N-dealkylation sites (tertiary alicyclic amines) is 1. The molecular weight excluding hydrogens is 428 g/mol. The van der Waals surface area contributed by atoms with Gasteiger partial charge in [-0.3, -0.25) is 19.4 Å². The summed E-state index contributed by atoms with van der Waals surface area (Å²) in [6.45, 7) is 6.70. The minimum atomic E-state index is 0.193. The normalized spacial score (nSPS) is 22.6. The van der Waals surface area contributed by atoms with E-state index in [-0.39, 0.29) is 17.9 Å². The number of amides is 2. The molecule has 0 aromatic carbocycles. The highest BCUT2D eigenvalue weighted by atomic mass is 32.1. The van der Waals surface area contributed by atoms with Crippen molar-refractivity contribution in [1.82, 2.24) is 19.6 Å². The molecule has 2 fully saturated rings. The maximum atomic E-state index is 13.2. The van der Waals surface area contributed by atoms with Crippen molar-refractivity contribution in [2.75, 3.05) is 58.9 Å². The van der Waals surface area contributed by atoms with Crippen LogP contribution in [0.25, 0.3) is 0 Å². The summed E-state index contributed by atoms with van der Waals surface area (Å²) in [5, 5.41) is 4.30. The second-order valence-electron chi connectivity index (χ2n) is 8.68. The van der Waals surface area contributed by atoms with Crippen LogP contribution >= 0.6 is 22.7 Å². The molecule has 31 heavy (non-hydrogen) atoms. The van der Waals surface area contributed by atoms with E-state index >= 15 is 0 Å². The number of fused-ring (bicyclic) bond motifs is 1. The molecule has 1 atom stereocenters. The van der Waals surface area contributed by atoms with Gasteiger partial charge in [-0.05, 0) is 47.7 Å². The van der Waals surface area contributed by atoms with Gasteiger partial charge in [-0.15, -0.1) is 22.7 Å². The van der Waals surface area contributed by atoms with E-state index in [0.717, 1.165) is 52.0 Å². The van der Waals surface area contributed by atoms with Crippen LogP contribution in [0.1, 0.15) is 34.2 Å². The standard InChI is InChI=1S/C23H30N4O2S2/c28-21(25-7-1-2-8-25)16-24-10-12-26(13-11-24)22(29)17-27-9-5-19-18(6-15-31-19)23(27)20-4-3-14-30-20/h3-4,6,14-15,23H,1-2,5,7-13,16-17H2/t23-/m0/s1. The molecule has 5 heterocycles. The van der Waals surface area contributed by atoms with Gasteiger partial charge < -0.3 is 9.80 Å². The average molecular weight is 459 g/mol. The third-order valence-corrected chi connectivity index (χ3v) is 8.68. The lowest BCUT2D eigenvalue weighted by Gasteiger charge is -2.38. The number of carbonyl (C=O) groups is 2. The number of hydrogen-bond acceptors (Lipinski definition) is 6. The summed E-state index contributed by atoms with van der Waals surface area (Å²) in [4.78, 5) is 36.9. The fourth-order valence-corrected chi connectivity index (χ4v) is 6.79. The molecular formula is C23H30N4O2S2. The van der Waals surface area contributed by atoms with E-state index in [0.29, 0.717) is 26.2 Å². The maximum absolute atomic E-state index is 13.2. The molecule has 0 saturated carbocycles. The van der Waals surface area contributed by atoms with Gasteiger partial charge in [0.2, 0.25) is 11.8 Å². The summed E-state index contributed by atoms with van der Waals surface area (Å²) in [6, 6.07) is 6.72. The molecule has 0 bridgehead atoms. The summed E-state index contributed by atoms with van der Waals surface area (Å²) >= 11 is 3.61. The molecule has 0 unspecified atom stereocenters. The second-order valence-corrected chi connectivity index (χ2v) is 10.7. The minimum Gasteiger partial charge on any atom is -0.342 e. The van der Waals surface area contributed by atoms with Crippen LogP contribution in [0.4, 0.5) is 0 Å². The van der Waals surface area contributed by atoms with Crippen LogP contribution in [-0.4, -0.2) is 90.3 Å². The van der Waals surface area contributed by atoms with Gasteiger partial charge in [0.15, 0.2) is 0 Å². The first-order valence-electron chi connectivity index (χ1n) is 11.3. The van der Waals surface area contributed by atoms with Crippen molar-refractivity contribution < 1.29 is 9.59 Å². The topological polar surface area (TPSA) is 47.1 Å². The number of rotatable bonds is 5. The van der Waals surface area contributed by atoms with Gasteiger partial charge in [0.05, 0.1) is 19.1 Å². The van der Waals surface area contributed by atoms with Crippen molar-refractivity contribution in [1.29, 1.82) is 0 Å². The van der Waals surface area contributed by atoms with Crippen LogP contribution < -0.4 is 0 Å². The third kappa shape index (κ3) is 4.58. The zero-order chi connectivity index (χ0) is 21.2. The maximum Gasteiger partial charge on any atom is 0.236 e. The van der Waals surface area contributed by atoms with Crippen LogP contribution in [0.3, 0.4) is 0 Å². The first-order valence-corrected chi connectivity index (χ1v) is 13.1. The van der Waals surface area contributed by atoms with E-state index in [1.54, 1.807) is 11.3 Å². The quantitative estimate of drug-likeness (QED) is 0.691. The summed E-state index contributed by atoms with van der Waals surface area (Å²) < 4.78 is 0. The molecule has 0 radical (unpaired) electrons. The molecule has 0 N–H and O–H groups in total. The molecule has 0 spiro atoms. The van der Waals surface area contributed by atoms with Crippen molar-refractivity contribution in [3.8, 4) is 0 Å². The Balaban J connectivity index is 1.17. The molecule has 6 nitrogen and oxygen atoms in total. The van der Waals surface area contributed by atoms with E-state index in [9.17, 15) is 9.59 Å². The van der Waals surface area contributed by atoms with E-state index in [1.807, 2.05) is 21.1 Å². The summed E-state index contributed by atoms with van der Waals surface area (Å²) in [7, 11) is 0. The van der Waals surface area contributed by atoms with Crippen molar-refractivity contribution in [2.24, 2.45) is 0 Å². The van der Waals surface area contributed by atoms with Crippen molar-refractivity contribution in [3.63, 3.8) is 0 Å². The van der Waals surface area contributed by atoms with E-state index < -0.39 is 0 Å². The largest absolute Gasteiger partial charge is 0.342 e. The summed E-state index contributed by atoms with van der Waals surface area (Å²) in [5.74, 6) is 0.460. The first-order chi connectivity index (χ1) is 15.2. The zero-order valence-electron chi connectivity index (χ0n) is 17.9. The highest BCUT2D eigenvalue weighted by Gasteiger charge is 2.33.